The van der Waals surface area contributed by atoms with Gasteiger partial charge in [-0.3, -0.25) is 6.08 Å². The molecule has 0 saturated carbocycles. The van der Waals surface area contributed by atoms with Crippen LogP contribution >= 0.6 is 0 Å². The van der Waals surface area contributed by atoms with Crippen molar-refractivity contribution in [1.82, 2.24) is 0 Å². The molecule has 3 aromatic rings. The van der Waals surface area contributed by atoms with Crippen LogP contribution in [-0.4, -0.2) is 6.19 Å². The SMILES string of the molecule is CC(C)(C)c1ccc2c(c1)[cH-]c1cc(C(C)(C)C)ccc12.CC1=[C-]C(C)C=C1.C[Si](C)=[Ti+2]. The minimum atomic E-state index is 0.120. The second kappa shape index (κ2) is 10.8. The van der Waals surface area contributed by atoms with Crippen LogP contribution in [0.5, 0.6) is 0 Å². The Bertz CT molecular complexity index is 1070. The molecule has 168 valence electrons. The molecule has 0 radical (unpaired) electrons. The third-order valence-electron chi connectivity index (χ3n) is 5.53. The van der Waals surface area contributed by atoms with Crippen molar-refractivity contribution >= 4 is 27.7 Å². The fourth-order valence-electron chi connectivity index (χ4n) is 3.70. The van der Waals surface area contributed by atoms with Crippen LogP contribution in [0.1, 0.15) is 66.5 Å². The molecule has 0 fully saturated rings. The topological polar surface area (TPSA) is 0 Å². The van der Waals surface area contributed by atoms with Crippen LogP contribution in [0, 0.1) is 12.0 Å². The molecule has 4 rings (SSSR count). The molecule has 0 saturated heterocycles. The molecule has 1 aliphatic rings. The van der Waals surface area contributed by atoms with E-state index in [4.69, 9.17) is 0 Å². The van der Waals surface area contributed by atoms with Gasteiger partial charge in [0.25, 0.3) is 0 Å². The quantitative estimate of drug-likeness (QED) is 0.224. The van der Waals surface area contributed by atoms with Gasteiger partial charge in [-0.2, -0.15) is 6.08 Å². The first-order valence-corrected chi connectivity index (χ1v) is 16.5. The first kappa shape index (κ1) is 27.0. The first-order valence-electron chi connectivity index (χ1n) is 11.6. The molecule has 3 aromatic carbocycles. The van der Waals surface area contributed by atoms with Crippen LogP contribution in [0.4, 0.5) is 0 Å². The van der Waals surface area contributed by atoms with E-state index in [9.17, 15) is 0 Å². The summed E-state index contributed by atoms with van der Waals surface area (Å²) in [4.78, 5) is 0. The van der Waals surface area contributed by atoms with E-state index < -0.39 is 0 Å². The number of allylic oxidation sites excluding steroid dienone is 4. The zero-order valence-electron chi connectivity index (χ0n) is 21.8. The van der Waals surface area contributed by atoms with Gasteiger partial charge in [-0.15, -0.1) is 39.7 Å². The minimum absolute atomic E-state index is 0.120. The summed E-state index contributed by atoms with van der Waals surface area (Å²) in [5, 5.41) is 5.48. The Labute approximate surface area is 208 Å². The van der Waals surface area contributed by atoms with E-state index in [-0.39, 0.29) is 17.0 Å². The molecule has 32 heavy (non-hydrogen) atoms. The zero-order chi connectivity index (χ0) is 24.3. The van der Waals surface area contributed by atoms with Gasteiger partial charge in [-0.25, -0.2) is 11.6 Å². The number of hydrogen-bond donors (Lipinski definition) is 0. The molecule has 1 aliphatic carbocycles. The molecular formula is C30H40SiTi. The van der Waals surface area contributed by atoms with Crippen LogP contribution in [0.15, 0.2) is 60.2 Å². The van der Waals surface area contributed by atoms with E-state index in [0.29, 0.717) is 5.92 Å². The van der Waals surface area contributed by atoms with Crippen molar-refractivity contribution in [1.29, 1.82) is 0 Å². The molecular weight excluding hydrogens is 436 g/mol. The van der Waals surface area contributed by atoms with Crippen molar-refractivity contribution in [3.63, 3.8) is 0 Å². The van der Waals surface area contributed by atoms with Crippen molar-refractivity contribution in [3.8, 4) is 0 Å². The normalized spacial score (nSPS) is 15.8. The third-order valence-corrected chi connectivity index (χ3v) is 5.53. The first-order chi connectivity index (χ1) is 14.7. The van der Waals surface area contributed by atoms with Crippen LogP contribution in [0.2, 0.25) is 13.1 Å². The van der Waals surface area contributed by atoms with Crippen molar-refractivity contribution in [3.05, 3.63) is 77.4 Å². The Hall–Kier alpha value is -1.28. The molecule has 0 aromatic heterocycles. The number of hydrogen-bond acceptors (Lipinski definition) is 0. The van der Waals surface area contributed by atoms with Gasteiger partial charge in [0.2, 0.25) is 0 Å². The summed E-state index contributed by atoms with van der Waals surface area (Å²) in [5.41, 5.74) is 4.48. The summed E-state index contributed by atoms with van der Waals surface area (Å²) in [6.45, 7) is 22.4. The number of fused-ring (bicyclic) bond motifs is 3. The predicted octanol–water partition coefficient (Wildman–Crippen LogP) is 9.03. The summed E-state index contributed by atoms with van der Waals surface area (Å²) in [5.74, 6) is 0.556. The van der Waals surface area contributed by atoms with Crippen molar-refractivity contribution in [2.24, 2.45) is 5.92 Å². The summed E-state index contributed by atoms with van der Waals surface area (Å²) in [6, 6.07) is 16.2. The van der Waals surface area contributed by atoms with Crippen molar-refractivity contribution in [2.45, 2.75) is 79.3 Å². The Morgan fingerprint density at radius 2 is 1.25 bits per heavy atom. The van der Waals surface area contributed by atoms with Crippen LogP contribution < -0.4 is 0 Å². The summed E-state index contributed by atoms with van der Waals surface area (Å²) in [7, 11) is 0. The fraction of sp³-hybridized carbons (Fsp3) is 0.433. The Balaban J connectivity index is 0.000000273. The molecule has 1 unspecified atom stereocenters. The average molecular weight is 477 g/mol. The molecule has 1 atom stereocenters. The van der Waals surface area contributed by atoms with Gasteiger partial charge >= 0.3 is 38.5 Å². The molecule has 0 nitrogen and oxygen atoms in total. The Morgan fingerprint density at radius 1 is 0.844 bits per heavy atom. The van der Waals surface area contributed by atoms with Gasteiger partial charge < -0.3 is 0 Å². The monoisotopic (exact) mass is 476 g/mol. The number of rotatable bonds is 0. The van der Waals surface area contributed by atoms with Gasteiger partial charge in [0.05, 0.1) is 0 Å². The molecule has 0 N–H and O–H groups in total. The van der Waals surface area contributed by atoms with E-state index in [2.05, 4.69) is 148 Å². The zero-order valence-corrected chi connectivity index (χ0v) is 24.3. The van der Waals surface area contributed by atoms with E-state index in [1.165, 1.54) is 38.2 Å². The number of benzene rings is 2. The maximum atomic E-state index is 3.22. The van der Waals surface area contributed by atoms with Crippen molar-refractivity contribution in [2.75, 3.05) is 0 Å². The second-order valence-electron chi connectivity index (χ2n) is 11.2. The Morgan fingerprint density at radius 3 is 1.50 bits per heavy atom. The van der Waals surface area contributed by atoms with Gasteiger partial charge in [-0.1, -0.05) is 96.7 Å². The average Bonchev–Trinajstić information content (AvgIpc) is 3.21. The molecule has 0 aliphatic heterocycles. The molecule has 0 spiro atoms. The molecule has 2 heteroatoms. The predicted molar refractivity (Wildman–Crippen MR) is 143 cm³/mol. The van der Waals surface area contributed by atoms with E-state index in [1.54, 1.807) is 0 Å². The van der Waals surface area contributed by atoms with Crippen LogP contribution in [-0.2, 0) is 30.0 Å². The van der Waals surface area contributed by atoms with Crippen LogP contribution in [0.25, 0.3) is 21.5 Å². The standard InChI is InChI=1S/C21H25.C7H9.C2H6Si.Ti/c1-20(2,3)16-7-9-18-14(12-16)11-15-13-17(21(4,5)6)8-10-19(15)18;1-6-3-4-7(2)5-6;1-3-2;/h7-13H,1-6H3;3-4,6H,1-2H3;1-2H3;/q2*-1;;+2. The third kappa shape index (κ3) is 7.65. The molecule has 0 heterocycles. The van der Waals surface area contributed by atoms with Crippen molar-refractivity contribution < 1.29 is 19.2 Å². The molecule has 0 amide bonds. The van der Waals surface area contributed by atoms with Gasteiger partial charge in [0.1, 0.15) is 0 Å². The van der Waals surface area contributed by atoms with Gasteiger partial charge in [0, 0.05) is 0 Å². The Kier molecular flexibility index (Phi) is 9.07. The fourth-order valence-corrected chi connectivity index (χ4v) is 3.70. The summed E-state index contributed by atoms with van der Waals surface area (Å²) >= 11 is 2.27. The molecule has 0 bridgehead atoms. The second-order valence-corrected chi connectivity index (χ2v) is 17.9. The van der Waals surface area contributed by atoms with Gasteiger partial charge in [-0.05, 0) is 10.8 Å². The van der Waals surface area contributed by atoms with E-state index in [0.717, 1.165) is 0 Å². The summed E-state index contributed by atoms with van der Waals surface area (Å²) in [6.07, 6.45) is 7.59. The maximum absolute atomic E-state index is 3.22. The summed E-state index contributed by atoms with van der Waals surface area (Å²) < 4.78 is 0. The van der Waals surface area contributed by atoms with E-state index in [1.807, 2.05) is 0 Å². The van der Waals surface area contributed by atoms with E-state index >= 15 is 0 Å². The van der Waals surface area contributed by atoms with Gasteiger partial charge in [0.15, 0.2) is 0 Å². The van der Waals surface area contributed by atoms with Crippen LogP contribution in [0.3, 0.4) is 0 Å².